The largest absolute Gasteiger partial charge is 0.465 e. The first-order chi connectivity index (χ1) is 15.1. The Morgan fingerprint density at radius 2 is 1.75 bits per heavy atom. The smallest absolute Gasteiger partial charge is 0.412 e. The highest BCUT2D eigenvalue weighted by molar-refractivity contribution is 6.33. The van der Waals surface area contributed by atoms with Crippen molar-refractivity contribution in [2.24, 2.45) is 0 Å². The molecule has 0 bridgehead atoms. The normalized spacial score (nSPS) is 11.3. The van der Waals surface area contributed by atoms with E-state index in [1.54, 1.807) is 6.07 Å². The summed E-state index contributed by atoms with van der Waals surface area (Å²) < 4.78 is 5.87. The van der Waals surface area contributed by atoms with Crippen LogP contribution in [-0.4, -0.2) is 26.7 Å². The van der Waals surface area contributed by atoms with Gasteiger partial charge in [-0.2, -0.15) is 4.98 Å². The predicted octanol–water partition coefficient (Wildman–Crippen LogP) is 6.53. The average molecular weight is 475 g/mol. The van der Waals surface area contributed by atoms with E-state index < -0.39 is 11.6 Å². The van der Waals surface area contributed by atoms with Crippen molar-refractivity contribution in [3.05, 3.63) is 76.2 Å². The zero-order valence-corrected chi connectivity index (χ0v) is 19.5. The Morgan fingerprint density at radius 3 is 2.41 bits per heavy atom. The van der Waals surface area contributed by atoms with Gasteiger partial charge in [0, 0.05) is 16.9 Å². The number of nitrogens with one attached hydrogen (secondary N) is 1. The maximum atomic E-state index is 11.7. The second-order valence-corrected chi connectivity index (χ2v) is 8.86. The van der Waals surface area contributed by atoms with Crippen LogP contribution in [0.25, 0.3) is 0 Å². The van der Waals surface area contributed by atoms with Gasteiger partial charge in [-0.05, 0) is 67.8 Å². The van der Waals surface area contributed by atoms with E-state index in [4.69, 9.17) is 27.9 Å². The molecule has 0 aliphatic heterocycles. The summed E-state index contributed by atoms with van der Waals surface area (Å²) in [6.07, 6.45) is 0.441. The number of rotatable bonds is 7. The fourth-order valence-electron chi connectivity index (χ4n) is 3.17. The molecule has 2 aromatic carbocycles. The minimum atomic E-state index is -0.995. The number of ether oxygens (including phenoxy) is 1. The lowest BCUT2D eigenvalue weighted by Crippen LogP contribution is -2.45. The molecule has 32 heavy (non-hydrogen) atoms. The fourth-order valence-corrected chi connectivity index (χ4v) is 3.44. The lowest BCUT2D eigenvalue weighted by molar-refractivity contribution is 0.107. The van der Waals surface area contributed by atoms with Crippen LogP contribution in [0.5, 0.6) is 0 Å². The SMILES string of the molecule is CC(C)(C)N(C(=O)O)c1cccc(COCc2cccc(Nc3nc(Cl)ncc3Cl)c2)c1. The molecule has 1 aromatic heterocycles. The zero-order chi connectivity index (χ0) is 23.3. The molecule has 2 N–H and O–H groups in total. The molecule has 3 aromatic rings. The summed E-state index contributed by atoms with van der Waals surface area (Å²) in [7, 11) is 0. The average Bonchev–Trinajstić information content (AvgIpc) is 2.70. The number of carboxylic acid groups (broad SMARTS) is 1. The van der Waals surface area contributed by atoms with Crippen molar-refractivity contribution < 1.29 is 14.6 Å². The summed E-state index contributed by atoms with van der Waals surface area (Å²) in [5.74, 6) is 0.420. The Balaban J connectivity index is 1.64. The summed E-state index contributed by atoms with van der Waals surface area (Å²) >= 11 is 11.9. The standard InChI is InChI=1S/C23H24Cl2N4O3/c1-23(2,3)29(22(30)31)18-9-5-7-16(11-18)14-32-13-15-6-4-8-17(10-15)27-20-19(24)12-26-21(25)28-20/h4-12H,13-14H2,1-3H3,(H,30,31)(H,26,27,28). The minimum absolute atomic E-state index is 0.103. The molecule has 0 spiro atoms. The molecule has 3 rings (SSSR count). The monoisotopic (exact) mass is 474 g/mol. The first-order valence-electron chi connectivity index (χ1n) is 9.87. The molecule has 1 heterocycles. The molecule has 0 aliphatic rings. The Bertz CT molecular complexity index is 1100. The molecule has 0 aliphatic carbocycles. The van der Waals surface area contributed by atoms with Gasteiger partial charge in [-0.15, -0.1) is 0 Å². The highest BCUT2D eigenvalue weighted by atomic mass is 35.5. The molecule has 0 unspecified atom stereocenters. The molecule has 9 heteroatoms. The fraction of sp³-hybridized carbons (Fsp3) is 0.261. The third-order valence-electron chi connectivity index (χ3n) is 4.47. The topological polar surface area (TPSA) is 87.6 Å². The van der Waals surface area contributed by atoms with Crippen LogP contribution in [0.2, 0.25) is 10.3 Å². The van der Waals surface area contributed by atoms with Crippen LogP contribution in [0.15, 0.2) is 54.7 Å². The summed E-state index contributed by atoms with van der Waals surface area (Å²) in [6, 6.07) is 15.0. The molecule has 1 amide bonds. The number of nitrogens with zero attached hydrogens (tertiary/aromatic N) is 3. The van der Waals surface area contributed by atoms with Crippen molar-refractivity contribution in [1.29, 1.82) is 0 Å². The zero-order valence-electron chi connectivity index (χ0n) is 18.0. The van der Waals surface area contributed by atoms with Crippen molar-refractivity contribution >= 4 is 46.5 Å². The minimum Gasteiger partial charge on any atom is -0.465 e. The van der Waals surface area contributed by atoms with Gasteiger partial charge in [0.25, 0.3) is 0 Å². The van der Waals surface area contributed by atoms with Crippen molar-refractivity contribution in [3.8, 4) is 0 Å². The number of benzene rings is 2. The molecule has 0 saturated carbocycles. The van der Waals surface area contributed by atoms with Crippen molar-refractivity contribution in [1.82, 2.24) is 9.97 Å². The number of hydrogen-bond acceptors (Lipinski definition) is 5. The summed E-state index contributed by atoms with van der Waals surface area (Å²) in [5, 5.41) is 13.2. The van der Waals surface area contributed by atoms with Gasteiger partial charge in [-0.1, -0.05) is 35.9 Å². The Labute approximate surface area is 197 Å². The number of aromatic nitrogens is 2. The molecule has 0 atom stereocenters. The lowest BCUT2D eigenvalue weighted by atomic mass is 10.0. The molecule has 0 fully saturated rings. The first kappa shape index (κ1) is 23.8. The van der Waals surface area contributed by atoms with Gasteiger partial charge >= 0.3 is 6.09 Å². The van der Waals surface area contributed by atoms with Crippen LogP contribution in [-0.2, 0) is 18.0 Å². The quantitative estimate of drug-likeness (QED) is 0.378. The summed E-state index contributed by atoms with van der Waals surface area (Å²) in [6.45, 7) is 6.28. The number of anilines is 3. The van der Waals surface area contributed by atoms with Gasteiger partial charge < -0.3 is 15.2 Å². The first-order valence-corrected chi connectivity index (χ1v) is 10.6. The van der Waals surface area contributed by atoms with Crippen LogP contribution in [0.1, 0.15) is 31.9 Å². The maximum Gasteiger partial charge on any atom is 0.412 e. The molecular weight excluding hydrogens is 451 g/mol. The van der Waals surface area contributed by atoms with Crippen molar-refractivity contribution in [3.63, 3.8) is 0 Å². The Hall–Kier alpha value is -2.87. The number of amides is 1. The number of carbonyl (C=O) groups is 1. The molecule has 0 saturated heterocycles. The van der Waals surface area contributed by atoms with Crippen molar-refractivity contribution in [2.75, 3.05) is 10.2 Å². The summed E-state index contributed by atoms with van der Waals surface area (Å²) in [5.41, 5.74) is 2.67. The maximum absolute atomic E-state index is 11.7. The van der Waals surface area contributed by atoms with Crippen LogP contribution < -0.4 is 10.2 Å². The van der Waals surface area contributed by atoms with Crippen LogP contribution in [0.4, 0.5) is 22.0 Å². The highest BCUT2D eigenvalue weighted by Gasteiger charge is 2.27. The van der Waals surface area contributed by atoms with Gasteiger partial charge in [0.1, 0.15) is 5.02 Å². The summed E-state index contributed by atoms with van der Waals surface area (Å²) in [4.78, 5) is 21.0. The van der Waals surface area contributed by atoms with E-state index in [0.717, 1.165) is 16.8 Å². The predicted molar refractivity (Wildman–Crippen MR) is 127 cm³/mol. The van der Waals surface area contributed by atoms with E-state index in [9.17, 15) is 9.90 Å². The highest BCUT2D eigenvalue weighted by Crippen LogP contribution is 2.26. The second-order valence-electron chi connectivity index (χ2n) is 8.11. The molecule has 168 valence electrons. The third-order valence-corrected chi connectivity index (χ3v) is 4.93. The van der Waals surface area contributed by atoms with E-state index in [1.807, 2.05) is 63.2 Å². The van der Waals surface area contributed by atoms with E-state index in [0.29, 0.717) is 29.7 Å². The molecule has 7 nitrogen and oxygen atoms in total. The van der Waals surface area contributed by atoms with E-state index in [-0.39, 0.29) is 5.28 Å². The Kier molecular flexibility index (Phi) is 7.56. The Morgan fingerprint density at radius 1 is 1.09 bits per heavy atom. The molecule has 0 radical (unpaired) electrons. The van der Waals surface area contributed by atoms with Gasteiger partial charge in [-0.25, -0.2) is 9.78 Å². The van der Waals surface area contributed by atoms with Gasteiger partial charge in [0.15, 0.2) is 5.82 Å². The van der Waals surface area contributed by atoms with Gasteiger partial charge in [-0.3, -0.25) is 4.90 Å². The van der Waals surface area contributed by atoms with E-state index >= 15 is 0 Å². The van der Waals surface area contributed by atoms with Crippen LogP contribution in [0, 0.1) is 0 Å². The van der Waals surface area contributed by atoms with E-state index in [2.05, 4.69) is 15.3 Å². The van der Waals surface area contributed by atoms with E-state index in [1.165, 1.54) is 11.1 Å². The lowest BCUT2D eigenvalue weighted by Gasteiger charge is -2.33. The van der Waals surface area contributed by atoms with Crippen LogP contribution in [0.3, 0.4) is 0 Å². The third kappa shape index (κ3) is 6.32. The number of halogens is 2. The van der Waals surface area contributed by atoms with Crippen molar-refractivity contribution in [2.45, 2.75) is 39.5 Å². The molecular formula is C23H24Cl2N4O3. The second kappa shape index (κ2) is 10.2. The van der Waals surface area contributed by atoms with Gasteiger partial charge in [0.05, 0.1) is 19.4 Å². The van der Waals surface area contributed by atoms with Crippen LogP contribution >= 0.6 is 23.2 Å². The van der Waals surface area contributed by atoms with Gasteiger partial charge in [0.2, 0.25) is 5.28 Å². The number of hydrogen-bond donors (Lipinski definition) is 2.